The van der Waals surface area contributed by atoms with Crippen LogP contribution in [0.15, 0.2) is 18.3 Å². The Morgan fingerprint density at radius 2 is 1.84 bits per heavy atom. The van der Waals surface area contributed by atoms with Crippen LogP contribution in [0.2, 0.25) is 0 Å². The Hall–Kier alpha value is -3.71. The first-order chi connectivity index (χ1) is 17.4. The highest BCUT2D eigenvalue weighted by atomic mass is 19.3. The van der Waals surface area contributed by atoms with Gasteiger partial charge in [0, 0.05) is 43.8 Å². The highest BCUT2D eigenvalue weighted by Gasteiger charge is 2.45. The van der Waals surface area contributed by atoms with E-state index >= 15 is 0 Å². The Kier molecular flexibility index (Phi) is 6.07. The molecule has 3 aliphatic heterocycles. The number of likely N-dealkylation sites (tertiary alicyclic amines) is 1. The molecule has 4 amide bonds. The topological polar surface area (TPSA) is 90.8 Å². The van der Waals surface area contributed by atoms with Crippen molar-refractivity contribution in [1.82, 2.24) is 19.6 Å². The molecule has 2 saturated heterocycles. The van der Waals surface area contributed by atoms with Crippen molar-refractivity contribution in [3.8, 4) is 0 Å². The van der Waals surface area contributed by atoms with E-state index in [4.69, 9.17) is 0 Å². The maximum Gasteiger partial charge on any atom is 0.322 e. The van der Waals surface area contributed by atoms with Crippen molar-refractivity contribution in [2.75, 3.05) is 29.9 Å². The molecule has 5 rings (SSSR count). The van der Waals surface area contributed by atoms with Crippen molar-refractivity contribution in [3.63, 3.8) is 0 Å². The van der Waals surface area contributed by atoms with Crippen LogP contribution in [0.25, 0.3) is 0 Å². The Morgan fingerprint density at radius 1 is 1.14 bits per heavy atom. The molecule has 1 aromatic carbocycles. The van der Waals surface area contributed by atoms with Gasteiger partial charge in [0.05, 0.1) is 49.2 Å². The van der Waals surface area contributed by atoms with Gasteiger partial charge in [-0.2, -0.15) is 5.10 Å². The summed E-state index contributed by atoms with van der Waals surface area (Å²) in [7, 11) is 0. The number of benzene rings is 1. The van der Waals surface area contributed by atoms with Crippen LogP contribution in [0.3, 0.4) is 0 Å². The summed E-state index contributed by atoms with van der Waals surface area (Å²) in [5.41, 5.74) is 0.617. The van der Waals surface area contributed by atoms with Crippen molar-refractivity contribution < 1.29 is 36.3 Å². The van der Waals surface area contributed by atoms with E-state index in [2.05, 4.69) is 10.4 Å². The molecule has 2 fully saturated rings. The molecule has 0 aliphatic carbocycles. The molecule has 198 valence electrons. The van der Waals surface area contributed by atoms with Gasteiger partial charge in [0.15, 0.2) is 17.5 Å². The Labute approximate surface area is 207 Å². The highest BCUT2D eigenvalue weighted by Crippen LogP contribution is 2.34. The minimum atomic E-state index is -2.94. The van der Waals surface area contributed by atoms with Gasteiger partial charge in [-0.05, 0) is 6.92 Å². The zero-order chi connectivity index (χ0) is 26.6. The number of hydrogen-bond donors (Lipinski definition) is 1. The molecule has 0 saturated carbocycles. The second-order valence-electron chi connectivity index (χ2n) is 9.59. The molecule has 9 nitrogen and oxygen atoms in total. The largest absolute Gasteiger partial charge is 0.336 e. The summed E-state index contributed by atoms with van der Waals surface area (Å²) in [5, 5.41) is 6.64. The van der Waals surface area contributed by atoms with E-state index in [1.54, 1.807) is 11.6 Å². The van der Waals surface area contributed by atoms with Crippen LogP contribution < -0.4 is 10.2 Å². The first kappa shape index (κ1) is 25.0. The molecule has 0 spiro atoms. The second-order valence-corrected chi connectivity index (χ2v) is 9.59. The zero-order valence-electron chi connectivity index (χ0n) is 19.7. The average Bonchev–Trinajstić information content (AvgIpc) is 3.52. The minimum Gasteiger partial charge on any atom is -0.336 e. The van der Waals surface area contributed by atoms with Crippen LogP contribution in [0, 0.1) is 23.4 Å². The van der Waals surface area contributed by atoms with E-state index in [-0.39, 0.29) is 44.2 Å². The Bertz CT molecular complexity index is 1260. The summed E-state index contributed by atoms with van der Waals surface area (Å²) in [6, 6.07) is 0.233. The molecular formula is C23H23F5N6O3. The van der Waals surface area contributed by atoms with E-state index in [0.717, 1.165) is 4.90 Å². The summed E-state index contributed by atoms with van der Waals surface area (Å²) in [6.45, 7) is 1.23. The summed E-state index contributed by atoms with van der Waals surface area (Å²) < 4.78 is 69.1. The molecule has 1 N–H and O–H groups in total. The van der Waals surface area contributed by atoms with E-state index in [9.17, 15) is 36.3 Å². The van der Waals surface area contributed by atoms with Gasteiger partial charge in [0.2, 0.25) is 11.8 Å². The predicted octanol–water partition coefficient (Wildman–Crippen LogP) is 2.96. The van der Waals surface area contributed by atoms with Crippen LogP contribution in [0.1, 0.15) is 25.5 Å². The molecule has 1 aromatic heterocycles. The number of carbonyl (C=O) groups excluding carboxylic acids is 3. The van der Waals surface area contributed by atoms with E-state index in [0.29, 0.717) is 23.5 Å². The smallest absolute Gasteiger partial charge is 0.322 e. The third-order valence-electron chi connectivity index (χ3n) is 6.96. The molecule has 0 bridgehead atoms. The molecule has 0 radical (unpaired) electrons. The number of carbonyl (C=O) groups is 3. The fraction of sp³-hybridized carbons (Fsp3) is 0.478. The number of nitrogens with zero attached hydrogens (tertiary/aromatic N) is 5. The number of anilines is 2. The molecule has 4 heterocycles. The number of rotatable bonds is 3. The monoisotopic (exact) mass is 526 g/mol. The van der Waals surface area contributed by atoms with Gasteiger partial charge in [0.25, 0.3) is 5.92 Å². The van der Waals surface area contributed by atoms with E-state index in [1.807, 2.05) is 0 Å². The van der Waals surface area contributed by atoms with E-state index < -0.39 is 60.2 Å². The lowest BCUT2D eigenvalue weighted by Crippen LogP contribution is -2.47. The standard InChI is InChI=1S/C23H23F5N6O3/c1-12-8-34-18(10-32(12)22(37)30-14-5-15(24)20(26)16(25)6-14)17(7-29-34)33-9-13(4-19(33)35)21(36)31-3-2-23(27,28)11-31/h5-7,12-13H,2-4,8-11H2,1H3,(H,30,37)/t12-,13?/m0/s1. The highest BCUT2D eigenvalue weighted by molar-refractivity contribution is 6.00. The van der Waals surface area contributed by atoms with Crippen molar-refractivity contribution in [2.24, 2.45) is 5.92 Å². The van der Waals surface area contributed by atoms with Crippen molar-refractivity contribution in [3.05, 3.63) is 41.5 Å². The number of urea groups is 1. The molecule has 2 aromatic rings. The minimum absolute atomic E-state index is 0.00564. The number of hydrogen-bond acceptors (Lipinski definition) is 4. The fourth-order valence-electron chi connectivity index (χ4n) is 5.00. The van der Waals surface area contributed by atoms with Gasteiger partial charge in [-0.3, -0.25) is 14.3 Å². The molecule has 37 heavy (non-hydrogen) atoms. The van der Waals surface area contributed by atoms with Gasteiger partial charge >= 0.3 is 6.03 Å². The Morgan fingerprint density at radius 3 is 2.49 bits per heavy atom. The number of halogens is 5. The third-order valence-corrected chi connectivity index (χ3v) is 6.96. The normalized spacial score (nSPS) is 23.0. The van der Waals surface area contributed by atoms with Gasteiger partial charge < -0.3 is 20.0 Å². The predicted molar refractivity (Wildman–Crippen MR) is 119 cm³/mol. The first-order valence-corrected chi connectivity index (χ1v) is 11.7. The maximum absolute atomic E-state index is 13.6. The van der Waals surface area contributed by atoms with Crippen molar-refractivity contribution in [1.29, 1.82) is 0 Å². The molecule has 2 atom stereocenters. The van der Waals surface area contributed by atoms with Gasteiger partial charge in [-0.1, -0.05) is 0 Å². The molecular weight excluding hydrogens is 503 g/mol. The van der Waals surface area contributed by atoms with Gasteiger partial charge in [0.1, 0.15) is 0 Å². The van der Waals surface area contributed by atoms with Crippen molar-refractivity contribution >= 4 is 29.2 Å². The lowest BCUT2D eigenvalue weighted by Gasteiger charge is -2.35. The van der Waals surface area contributed by atoms with Crippen LogP contribution in [0.4, 0.5) is 38.1 Å². The van der Waals surface area contributed by atoms with Crippen LogP contribution >= 0.6 is 0 Å². The molecule has 3 aliphatic rings. The van der Waals surface area contributed by atoms with Crippen LogP contribution in [-0.2, 0) is 22.7 Å². The molecule has 14 heteroatoms. The fourth-order valence-corrected chi connectivity index (χ4v) is 5.00. The van der Waals surface area contributed by atoms with Crippen molar-refractivity contribution in [2.45, 2.75) is 44.8 Å². The van der Waals surface area contributed by atoms with Gasteiger partial charge in [-0.15, -0.1) is 0 Å². The van der Waals surface area contributed by atoms with Gasteiger partial charge in [-0.25, -0.2) is 26.7 Å². The average molecular weight is 526 g/mol. The second kappa shape index (κ2) is 8.99. The summed E-state index contributed by atoms with van der Waals surface area (Å²) in [6.07, 6.45) is 0.907. The maximum atomic E-state index is 13.6. The number of amides is 4. The number of alkyl halides is 2. The SMILES string of the molecule is C[C@H]1Cn2ncc(N3CC(C(=O)N4CCC(F)(F)C4)CC3=O)c2CN1C(=O)Nc1cc(F)c(F)c(F)c1. The number of aromatic nitrogens is 2. The summed E-state index contributed by atoms with van der Waals surface area (Å²) in [5.74, 6) is -9.12. The quantitative estimate of drug-likeness (QED) is 0.492. The van der Waals surface area contributed by atoms with Crippen LogP contribution in [0.5, 0.6) is 0 Å². The number of fused-ring (bicyclic) bond motifs is 1. The van der Waals surface area contributed by atoms with E-state index in [1.165, 1.54) is 16.0 Å². The zero-order valence-corrected chi connectivity index (χ0v) is 19.7. The first-order valence-electron chi connectivity index (χ1n) is 11.7. The Balaban J connectivity index is 1.31. The molecule has 1 unspecified atom stereocenters. The lowest BCUT2D eigenvalue weighted by atomic mass is 10.1. The van der Waals surface area contributed by atoms with Crippen LogP contribution in [-0.4, -0.2) is 69.0 Å². The summed E-state index contributed by atoms with van der Waals surface area (Å²) in [4.78, 5) is 42.3. The number of nitrogens with one attached hydrogen (secondary N) is 1. The lowest BCUT2D eigenvalue weighted by molar-refractivity contribution is -0.136. The summed E-state index contributed by atoms with van der Waals surface area (Å²) >= 11 is 0. The third kappa shape index (κ3) is 4.60.